The average Bonchev–Trinajstić information content (AvgIpc) is 2.90. The van der Waals surface area contributed by atoms with Crippen molar-refractivity contribution in [1.82, 2.24) is 5.32 Å². The van der Waals surface area contributed by atoms with E-state index < -0.39 is 30.0 Å². The Morgan fingerprint density at radius 2 is 1.95 bits per heavy atom. The lowest BCUT2D eigenvalue weighted by molar-refractivity contribution is -0.208. The molecule has 4 atom stereocenters. The molecule has 38 heavy (non-hydrogen) atoms. The first-order valence-corrected chi connectivity index (χ1v) is 13.2. The van der Waals surface area contributed by atoms with Gasteiger partial charge in [0.1, 0.15) is 24.4 Å². The van der Waals surface area contributed by atoms with Gasteiger partial charge in [-0.15, -0.1) is 0 Å². The predicted molar refractivity (Wildman–Crippen MR) is 150 cm³/mol. The molecule has 1 aliphatic rings. The van der Waals surface area contributed by atoms with Gasteiger partial charge >= 0.3 is 0 Å². The third-order valence-corrected chi connectivity index (χ3v) is 7.01. The van der Waals surface area contributed by atoms with Crippen LogP contribution in [0.1, 0.15) is 32.8 Å². The van der Waals surface area contributed by atoms with Crippen molar-refractivity contribution in [3.63, 3.8) is 0 Å². The average molecular weight is 527 g/mol. The molecule has 1 heterocycles. The Balaban J connectivity index is 1.62. The number of benzene rings is 2. The van der Waals surface area contributed by atoms with Gasteiger partial charge in [0.2, 0.25) is 5.91 Å². The summed E-state index contributed by atoms with van der Waals surface area (Å²) in [7, 11) is 0. The maximum absolute atomic E-state index is 13.1. The van der Waals surface area contributed by atoms with Crippen LogP contribution in [-0.2, 0) is 14.3 Å². The topological polar surface area (TPSA) is 111 Å². The lowest BCUT2D eigenvalue weighted by Gasteiger charge is -2.39. The highest BCUT2D eigenvalue weighted by Gasteiger charge is 2.38. The Morgan fingerprint density at radius 3 is 2.68 bits per heavy atom. The summed E-state index contributed by atoms with van der Waals surface area (Å²) in [6, 6.07) is 12.4. The van der Waals surface area contributed by atoms with Crippen LogP contribution >= 0.6 is 0 Å². The van der Waals surface area contributed by atoms with E-state index >= 15 is 0 Å². The second-order valence-corrected chi connectivity index (χ2v) is 10.2. The summed E-state index contributed by atoms with van der Waals surface area (Å²) in [6.45, 7) is 8.84. The van der Waals surface area contributed by atoms with Crippen molar-refractivity contribution in [3.8, 4) is 0 Å². The van der Waals surface area contributed by atoms with E-state index in [1.165, 1.54) is 0 Å². The number of nitrogens with one attached hydrogen (secondary N) is 1. The minimum Gasteiger partial charge on any atom is -0.394 e. The largest absolute Gasteiger partial charge is 0.394 e. The number of carbonyl (C=O) groups is 1. The number of fused-ring (bicyclic) bond motifs is 1. The molecular weight excluding hydrogens is 484 g/mol. The fourth-order valence-electron chi connectivity index (χ4n) is 4.70. The van der Waals surface area contributed by atoms with Gasteiger partial charge in [0.15, 0.2) is 0 Å². The molecule has 0 spiro atoms. The number of hydrogen-bond acceptors (Lipinski definition) is 7. The van der Waals surface area contributed by atoms with Gasteiger partial charge in [0, 0.05) is 18.8 Å². The summed E-state index contributed by atoms with van der Waals surface area (Å²) >= 11 is 0. The highest BCUT2D eigenvalue weighted by atomic mass is 16.6. The van der Waals surface area contributed by atoms with Gasteiger partial charge in [-0.2, -0.15) is 0 Å². The van der Waals surface area contributed by atoms with Crippen LogP contribution in [0.25, 0.3) is 10.8 Å². The van der Waals surface area contributed by atoms with Crippen molar-refractivity contribution < 1.29 is 29.6 Å². The highest BCUT2D eigenvalue weighted by Crippen LogP contribution is 2.33. The number of amides is 1. The summed E-state index contributed by atoms with van der Waals surface area (Å²) in [5, 5.41) is 34.6. The number of rotatable bonds is 12. The molecule has 1 aliphatic heterocycles. The van der Waals surface area contributed by atoms with E-state index in [-0.39, 0.29) is 32.3 Å². The molecule has 1 saturated heterocycles. The van der Waals surface area contributed by atoms with Crippen molar-refractivity contribution in [1.29, 1.82) is 0 Å². The number of carbonyl (C=O) groups excluding carboxylic acids is 1. The summed E-state index contributed by atoms with van der Waals surface area (Å²) in [6.07, 6.45) is 4.75. The molecule has 1 fully saturated rings. The van der Waals surface area contributed by atoms with Crippen LogP contribution in [0.4, 0.5) is 5.69 Å². The Kier molecular flexibility index (Phi) is 10.9. The van der Waals surface area contributed by atoms with Gasteiger partial charge in [-0.25, -0.2) is 0 Å². The molecule has 0 unspecified atom stereocenters. The fourth-order valence-corrected chi connectivity index (χ4v) is 4.70. The van der Waals surface area contributed by atoms with Crippen LogP contribution in [0.3, 0.4) is 0 Å². The molecule has 8 heteroatoms. The summed E-state index contributed by atoms with van der Waals surface area (Å²) in [4.78, 5) is 15.2. The lowest BCUT2D eigenvalue weighted by Crippen LogP contribution is -2.55. The first kappa shape index (κ1) is 29.8. The normalized spacial score (nSPS) is 22.4. The van der Waals surface area contributed by atoms with Gasteiger partial charge in [0.25, 0.3) is 0 Å². The molecule has 208 valence electrons. The van der Waals surface area contributed by atoms with Crippen molar-refractivity contribution in [3.05, 3.63) is 66.3 Å². The van der Waals surface area contributed by atoms with E-state index in [0.717, 1.165) is 22.0 Å². The molecule has 0 saturated carbocycles. The minimum absolute atomic E-state index is 0.0890. The van der Waals surface area contributed by atoms with E-state index in [1.807, 2.05) is 37.3 Å². The Morgan fingerprint density at radius 1 is 1.18 bits per heavy atom. The third-order valence-electron chi connectivity index (χ3n) is 7.01. The highest BCUT2D eigenvalue weighted by molar-refractivity contribution is 5.91. The van der Waals surface area contributed by atoms with Crippen molar-refractivity contribution in [2.24, 2.45) is 0 Å². The third kappa shape index (κ3) is 7.42. The Labute approximate surface area is 225 Å². The predicted octanol–water partition coefficient (Wildman–Crippen LogP) is 2.87. The van der Waals surface area contributed by atoms with Crippen molar-refractivity contribution in [2.75, 3.05) is 37.8 Å². The molecule has 0 aromatic heterocycles. The second kappa shape index (κ2) is 13.9. The molecule has 2 aromatic rings. The number of ether oxygens (including phenoxy) is 2. The lowest BCUT2D eigenvalue weighted by atomic mass is 9.96. The maximum Gasteiger partial charge on any atom is 0.239 e. The molecule has 1 amide bonds. The van der Waals surface area contributed by atoms with E-state index in [1.54, 1.807) is 0 Å². The summed E-state index contributed by atoms with van der Waals surface area (Å²) in [5.41, 5.74) is 1.69. The van der Waals surface area contributed by atoms with Gasteiger partial charge in [0.05, 0.1) is 25.3 Å². The minimum atomic E-state index is -1.20. The Bertz CT molecular complexity index is 1120. The zero-order chi connectivity index (χ0) is 27.7. The number of nitrogens with zero attached hydrogens (tertiary/aromatic N) is 1. The molecular formula is C30H42N2O6. The SMILES string of the molecule is C/C=C/C=C/C(C)(C)N(CC(=O)NCCCO[C@H]1CO[C@H](CO)[C@@H](O)[C@@H]1O)c1ccc2ccccc2c1C. The number of aliphatic hydroxyl groups is 3. The molecule has 0 bridgehead atoms. The monoisotopic (exact) mass is 526 g/mol. The number of aryl methyl sites for hydroxylation is 1. The van der Waals surface area contributed by atoms with Crippen LogP contribution in [0.5, 0.6) is 0 Å². The second-order valence-electron chi connectivity index (χ2n) is 10.2. The van der Waals surface area contributed by atoms with Crippen LogP contribution in [-0.4, -0.2) is 84.1 Å². The molecule has 3 rings (SSSR count). The van der Waals surface area contributed by atoms with Crippen molar-refractivity contribution in [2.45, 2.75) is 64.1 Å². The smallest absolute Gasteiger partial charge is 0.239 e. The molecule has 0 aliphatic carbocycles. The van der Waals surface area contributed by atoms with Crippen LogP contribution in [0, 0.1) is 6.92 Å². The zero-order valence-corrected chi connectivity index (χ0v) is 22.8. The zero-order valence-electron chi connectivity index (χ0n) is 22.8. The number of aliphatic hydroxyl groups excluding tert-OH is 3. The Hall–Kier alpha value is -2.75. The first-order valence-electron chi connectivity index (χ1n) is 13.2. The quantitative estimate of drug-likeness (QED) is 0.249. The summed E-state index contributed by atoms with van der Waals surface area (Å²) < 4.78 is 11.0. The fraction of sp³-hybridized carbons (Fsp3) is 0.500. The standard InChI is InChI=1S/C30H42N2O6/c1-5-6-9-15-30(3,4)32(24-14-13-22-11-7-8-12-23(22)21(24)2)18-27(34)31-16-10-17-37-26-20-38-25(19-33)28(35)29(26)36/h5-9,11-15,25-26,28-29,33,35-36H,10,16-20H2,1-4H3,(H,31,34)/b6-5+,15-9+/t25-,26+,28-,29-/m1/s1. The summed E-state index contributed by atoms with van der Waals surface area (Å²) in [5.74, 6) is -0.104. The number of allylic oxidation sites excluding steroid dienone is 3. The van der Waals surface area contributed by atoms with Crippen LogP contribution in [0.2, 0.25) is 0 Å². The number of anilines is 1. The van der Waals surface area contributed by atoms with Gasteiger partial charge in [-0.05, 0) is 56.5 Å². The number of hydrogen-bond donors (Lipinski definition) is 4. The molecule has 0 radical (unpaired) electrons. The van der Waals surface area contributed by atoms with E-state index in [0.29, 0.717) is 13.0 Å². The van der Waals surface area contributed by atoms with Gasteiger partial charge in [-0.3, -0.25) is 4.79 Å². The molecule has 2 aromatic carbocycles. The van der Waals surface area contributed by atoms with Crippen LogP contribution in [0.15, 0.2) is 60.7 Å². The van der Waals surface area contributed by atoms with Gasteiger partial charge in [-0.1, -0.05) is 54.6 Å². The van der Waals surface area contributed by atoms with E-state index in [2.05, 4.69) is 61.3 Å². The van der Waals surface area contributed by atoms with Gasteiger partial charge < -0.3 is 35.0 Å². The molecule has 4 N–H and O–H groups in total. The first-order chi connectivity index (χ1) is 18.2. The van der Waals surface area contributed by atoms with E-state index in [9.17, 15) is 20.1 Å². The van der Waals surface area contributed by atoms with Crippen LogP contribution < -0.4 is 10.2 Å². The molecule has 8 nitrogen and oxygen atoms in total. The van der Waals surface area contributed by atoms with E-state index in [4.69, 9.17) is 9.47 Å². The van der Waals surface area contributed by atoms with Crippen molar-refractivity contribution >= 4 is 22.4 Å². The maximum atomic E-state index is 13.1.